The topological polar surface area (TPSA) is 99.9 Å². The number of nitriles is 1. The van der Waals surface area contributed by atoms with Crippen molar-refractivity contribution in [1.29, 1.82) is 5.26 Å². The van der Waals surface area contributed by atoms with Crippen LogP contribution >= 0.6 is 11.8 Å². The van der Waals surface area contributed by atoms with Gasteiger partial charge in [0.05, 0.1) is 22.6 Å². The van der Waals surface area contributed by atoms with Crippen molar-refractivity contribution in [3.8, 4) is 6.07 Å². The quantitative estimate of drug-likeness (QED) is 0.493. The zero-order valence-electron chi connectivity index (χ0n) is 16.9. The highest BCUT2D eigenvalue weighted by molar-refractivity contribution is 8.00. The molecule has 7 heteroatoms. The molecular weight excluding hydrogens is 410 g/mol. The summed E-state index contributed by atoms with van der Waals surface area (Å²) in [6, 6.07) is 15.4. The van der Waals surface area contributed by atoms with Crippen LogP contribution in [-0.4, -0.2) is 28.2 Å². The Morgan fingerprint density at radius 1 is 1.03 bits per heavy atom. The molecule has 0 saturated heterocycles. The Balaban J connectivity index is 1.58. The molecule has 0 aliphatic heterocycles. The van der Waals surface area contributed by atoms with Crippen molar-refractivity contribution >= 4 is 34.9 Å². The number of aryl methyl sites for hydroxylation is 2. The molecule has 0 saturated carbocycles. The van der Waals surface area contributed by atoms with E-state index < -0.39 is 0 Å². The normalized spacial score (nSPS) is 12.0. The van der Waals surface area contributed by atoms with Crippen LogP contribution in [0.5, 0.6) is 0 Å². The Hall–Kier alpha value is -3.76. The molecule has 2 aromatic carbocycles. The number of aromatic nitrogens is 1. The fourth-order valence-corrected chi connectivity index (χ4v) is 4.51. The van der Waals surface area contributed by atoms with Gasteiger partial charge in [0, 0.05) is 22.4 Å². The molecule has 0 atom stereocenters. The molecule has 3 aromatic rings. The van der Waals surface area contributed by atoms with Crippen LogP contribution in [0.15, 0.2) is 53.6 Å². The highest BCUT2D eigenvalue weighted by Gasteiger charge is 2.31. The second-order valence-corrected chi connectivity index (χ2v) is 8.11. The Morgan fingerprint density at radius 2 is 1.71 bits per heavy atom. The lowest BCUT2D eigenvalue weighted by Gasteiger charge is -2.20. The number of carbonyl (C=O) groups excluding carboxylic acids is 3. The number of hydrogen-bond donors (Lipinski definition) is 1. The number of benzene rings is 2. The Kier molecular flexibility index (Phi) is 5.40. The van der Waals surface area contributed by atoms with Gasteiger partial charge in [0.15, 0.2) is 11.6 Å². The number of thioether (sulfide) groups is 1. The van der Waals surface area contributed by atoms with E-state index in [9.17, 15) is 19.6 Å². The average molecular weight is 427 g/mol. The number of anilines is 1. The van der Waals surface area contributed by atoms with Crippen LogP contribution in [0, 0.1) is 25.2 Å². The molecule has 4 rings (SSSR count). The summed E-state index contributed by atoms with van der Waals surface area (Å²) in [5.74, 6) is -0.889. The Bertz CT molecular complexity index is 1310. The van der Waals surface area contributed by atoms with E-state index in [1.54, 1.807) is 42.5 Å². The van der Waals surface area contributed by atoms with Gasteiger partial charge in [0.2, 0.25) is 5.91 Å². The molecule has 1 N–H and O–H groups in total. The van der Waals surface area contributed by atoms with Gasteiger partial charge < -0.3 is 5.32 Å². The van der Waals surface area contributed by atoms with E-state index in [0.717, 1.165) is 23.0 Å². The van der Waals surface area contributed by atoms with Crippen molar-refractivity contribution in [2.24, 2.45) is 0 Å². The predicted octanol–water partition coefficient (Wildman–Crippen LogP) is 4.08. The van der Waals surface area contributed by atoms with Crippen LogP contribution in [0.3, 0.4) is 0 Å². The van der Waals surface area contributed by atoms with E-state index in [4.69, 9.17) is 0 Å². The third kappa shape index (κ3) is 3.74. The summed E-state index contributed by atoms with van der Waals surface area (Å²) in [7, 11) is 0. The van der Waals surface area contributed by atoms with Gasteiger partial charge in [0.25, 0.3) is 0 Å². The van der Waals surface area contributed by atoms with Gasteiger partial charge in [-0.05, 0) is 31.5 Å². The van der Waals surface area contributed by atoms with E-state index in [1.807, 2.05) is 19.9 Å². The molecule has 152 valence electrons. The number of fused-ring (bicyclic) bond motifs is 2. The van der Waals surface area contributed by atoms with Crippen molar-refractivity contribution in [2.75, 3.05) is 11.1 Å². The molecule has 0 spiro atoms. The second kappa shape index (κ2) is 8.17. The van der Waals surface area contributed by atoms with Crippen LogP contribution in [0.2, 0.25) is 0 Å². The number of amides is 1. The number of nitrogens with zero attached hydrogens (tertiary/aromatic N) is 2. The molecule has 1 amide bonds. The molecule has 0 radical (unpaired) electrons. The van der Waals surface area contributed by atoms with E-state index in [-0.39, 0.29) is 34.4 Å². The smallest absolute Gasteiger partial charge is 0.234 e. The fourth-order valence-electron chi connectivity index (χ4n) is 3.61. The van der Waals surface area contributed by atoms with Gasteiger partial charge in [0.1, 0.15) is 11.1 Å². The van der Waals surface area contributed by atoms with E-state index in [2.05, 4.69) is 16.4 Å². The number of carbonyl (C=O) groups is 3. The number of hydrogen-bond acceptors (Lipinski definition) is 6. The lowest BCUT2D eigenvalue weighted by Crippen LogP contribution is -2.24. The van der Waals surface area contributed by atoms with Crippen molar-refractivity contribution in [3.05, 3.63) is 87.6 Å². The van der Waals surface area contributed by atoms with Crippen molar-refractivity contribution in [2.45, 2.75) is 18.9 Å². The van der Waals surface area contributed by atoms with E-state index in [0.29, 0.717) is 27.4 Å². The number of ketones is 2. The van der Waals surface area contributed by atoms with Gasteiger partial charge in [-0.1, -0.05) is 48.2 Å². The van der Waals surface area contributed by atoms with Crippen molar-refractivity contribution < 1.29 is 14.4 Å². The molecule has 1 aromatic heterocycles. The third-order valence-corrected chi connectivity index (χ3v) is 5.97. The van der Waals surface area contributed by atoms with Crippen LogP contribution in [0.1, 0.15) is 48.7 Å². The summed E-state index contributed by atoms with van der Waals surface area (Å²) >= 11 is 1.16. The van der Waals surface area contributed by atoms with Crippen LogP contribution in [0.4, 0.5) is 5.69 Å². The van der Waals surface area contributed by atoms with E-state index >= 15 is 0 Å². The Labute approximate surface area is 183 Å². The molecule has 1 aliphatic rings. The maximum absolute atomic E-state index is 13.0. The molecular formula is C24H17N3O3S. The molecule has 0 unspecified atom stereocenters. The second-order valence-electron chi connectivity index (χ2n) is 7.14. The van der Waals surface area contributed by atoms with Crippen molar-refractivity contribution in [1.82, 2.24) is 4.98 Å². The van der Waals surface area contributed by atoms with Gasteiger partial charge in [-0.25, -0.2) is 4.98 Å². The van der Waals surface area contributed by atoms with Crippen LogP contribution in [-0.2, 0) is 4.79 Å². The monoisotopic (exact) mass is 427 g/mol. The minimum Gasteiger partial charge on any atom is -0.325 e. The fraction of sp³-hybridized carbons (Fsp3) is 0.125. The Morgan fingerprint density at radius 3 is 2.42 bits per heavy atom. The summed E-state index contributed by atoms with van der Waals surface area (Å²) in [6.45, 7) is 3.66. The first-order valence-electron chi connectivity index (χ1n) is 9.53. The van der Waals surface area contributed by atoms with E-state index in [1.165, 1.54) is 0 Å². The van der Waals surface area contributed by atoms with Crippen LogP contribution < -0.4 is 5.32 Å². The first-order valence-corrected chi connectivity index (χ1v) is 10.5. The van der Waals surface area contributed by atoms with Gasteiger partial charge in [-0.15, -0.1) is 0 Å². The summed E-state index contributed by atoms with van der Waals surface area (Å²) < 4.78 is 0. The zero-order chi connectivity index (χ0) is 22.1. The summed E-state index contributed by atoms with van der Waals surface area (Å²) in [6.07, 6.45) is 0. The van der Waals surface area contributed by atoms with Gasteiger partial charge in [-0.2, -0.15) is 5.26 Å². The summed E-state index contributed by atoms with van der Waals surface area (Å²) in [4.78, 5) is 42.9. The summed E-state index contributed by atoms with van der Waals surface area (Å²) in [5, 5.41) is 12.6. The van der Waals surface area contributed by atoms with Gasteiger partial charge in [-0.3, -0.25) is 14.4 Å². The standard InChI is InChI=1S/C24H17N3O3S/c1-13-10-14(2)26-24(18(13)11-25)31-12-20(28)27-19-9-5-8-17-21(19)23(30)16-7-4-3-6-15(16)22(17)29/h3-10H,12H2,1-2H3,(H,27,28). The lowest BCUT2D eigenvalue weighted by atomic mass is 9.83. The third-order valence-electron chi connectivity index (χ3n) is 4.99. The molecule has 0 bridgehead atoms. The summed E-state index contributed by atoms with van der Waals surface area (Å²) in [5.41, 5.74) is 3.47. The average Bonchev–Trinajstić information content (AvgIpc) is 2.75. The molecule has 1 heterocycles. The largest absolute Gasteiger partial charge is 0.325 e. The maximum Gasteiger partial charge on any atom is 0.234 e. The number of pyridine rings is 1. The van der Waals surface area contributed by atoms with Crippen molar-refractivity contribution in [3.63, 3.8) is 0 Å². The predicted molar refractivity (Wildman–Crippen MR) is 118 cm³/mol. The molecule has 0 fully saturated rings. The first-order chi connectivity index (χ1) is 14.9. The maximum atomic E-state index is 13.0. The number of nitrogens with one attached hydrogen (secondary N) is 1. The minimum atomic E-state index is -0.359. The number of rotatable bonds is 4. The zero-order valence-corrected chi connectivity index (χ0v) is 17.7. The minimum absolute atomic E-state index is 0.00691. The molecule has 1 aliphatic carbocycles. The SMILES string of the molecule is Cc1cc(C)c(C#N)c(SCC(=O)Nc2cccc3c2C(=O)c2ccccc2C3=O)n1. The first kappa shape index (κ1) is 20.5. The van der Waals surface area contributed by atoms with Gasteiger partial charge >= 0.3 is 0 Å². The van der Waals surface area contributed by atoms with Crippen LogP contribution in [0.25, 0.3) is 0 Å². The highest BCUT2D eigenvalue weighted by Crippen LogP contribution is 2.32. The highest BCUT2D eigenvalue weighted by atomic mass is 32.2. The lowest BCUT2D eigenvalue weighted by molar-refractivity contribution is -0.113. The molecule has 31 heavy (non-hydrogen) atoms. The molecule has 6 nitrogen and oxygen atoms in total.